The molecule has 1 saturated heterocycles. The van der Waals surface area contributed by atoms with Crippen molar-refractivity contribution < 1.29 is 9.47 Å². The second-order valence-electron chi connectivity index (χ2n) is 6.42. The molecule has 0 saturated carbocycles. The highest BCUT2D eigenvalue weighted by Crippen LogP contribution is 2.18. The molecule has 2 rings (SSSR count). The highest BCUT2D eigenvalue weighted by molar-refractivity contribution is 14.0. The number of nitrogens with one attached hydrogen (secondary N) is 1. The Morgan fingerprint density at radius 3 is 2.72 bits per heavy atom. The summed E-state index contributed by atoms with van der Waals surface area (Å²) in [4.78, 5) is 6.62. The third kappa shape index (κ3) is 7.92. The lowest BCUT2D eigenvalue weighted by Gasteiger charge is -2.27. The first-order valence-corrected chi connectivity index (χ1v) is 8.79. The molecule has 0 bridgehead atoms. The van der Waals surface area contributed by atoms with Gasteiger partial charge in [-0.3, -0.25) is 4.99 Å². The number of hydrogen-bond donors (Lipinski definition) is 1. The summed E-state index contributed by atoms with van der Waals surface area (Å²) in [6, 6.07) is 8.46. The standard InChI is InChI=1S/C19H31N3O2.HI/c1-20-19(22(2)10-7-16-8-11-24-12-9-16)21-14-17-5-4-6-18(13-17)15-23-3;/h4-6,13,16H,7-12,14-15H2,1-3H3,(H,20,21);1H. The first-order chi connectivity index (χ1) is 11.7. The molecule has 6 heteroatoms. The van der Waals surface area contributed by atoms with E-state index in [9.17, 15) is 0 Å². The molecular weight excluding hydrogens is 429 g/mol. The van der Waals surface area contributed by atoms with Crippen LogP contribution in [0.4, 0.5) is 0 Å². The fourth-order valence-electron chi connectivity index (χ4n) is 3.08. The van der Waals surface area contributed by atoms with Gasteiger partial charge in [0.15, 0.2) is 5.96 Å². The summed E-state index contributed by atoms with van der Waals surface area (Å²) in [6.45, 7) is 4.27. The van der Waals surface area contributed by atoms with E-state index in [-0.39, 0.29) is 24.0 Å². The van der Waals surface area contributed by atoms with Gasteiger partial charge in [-0.15, -0.1) is 24.0 Å². The summed E-state index contributed by atoms with van der Waals surface area (Å²) in [5.41, 5.74) is 2.43. The van der Waals surface area contributed by atoms with Gasteiger partial charge >= 0.3 is 0 Å². The Morgan fingerprint density at radius 2 is 2.04 bits per heavy atom. The van der Waals surface area contributed by atoms with Crippen LogP contribution in [0.25, 0.3) is 0 Å². The number of halogens is 1. The quantitative estimate of drug-likeness (QED) is 0.385. The molecule has 1 fully saturated rings. The smallest absolute Gasteiger partial charge is 0.193 e. The molecule has 1 aromatic carbocycles. The van der Waals surface area contributed by atoms with E-state index in [1.807, 2.05) is 7.05 Å². The minimum atomic E-state index is 0. The maximum atomic E-state index is 5.43. The summed E-state index contributed by atoms with van der Waals surface area (Å²) in [5.74, 6) is 1.73. The van der Waals surface area contributed by atoms with Crippen LogP contribution in [0.1, 0.15) is 30.4 Å². The van der Waals surface area contributed by atoms with Gasteiger partial charge < -0.3 is 19.7 Å². The number of benzene rings is 1. The average Bonchev–Trinajstić information content (AvgIpc) is 2.62. The normalized spacial score (nSPS) is 15.6. The van der Waals surface area contributed by atoms with Crippen LogP contribution in [0.5, 0.6) is 0 Å². The van der Waals surface area contributed by atoms with Gasteiger partial charge in [-0.25, -0.2) is 0 Å². The molecule has 5 nitrogen and oxygen atoms in total. The van der Waals surface area contributed by atoms with Crippen molar-refractivity contribution in [3.8, 4) is 0 Å². The average molecular weight is 461 g/mol. The molecule has 0 aromatic heterocycles. The molecule has 0 atom stereocenters. The van der Waals surface area contributed by atoms with Crippen molar-refractivity contribution in [1.29, 1.82) is 0 Å². The monoisotopic (exact) mass is 461 g/mol. The van der Waals surface area contributed by atoms with E-state index in [0.717, 1.165) is 38.2 Å². The third-order valence-electron chi connectivity index (χ3n) is 4.54. The summed E-state index contributed by atoms with van der Waals surface area (Å²) in [5, 5.41) is 3.45. The van der Waals surface area contributed by atoms with Crippen LogP contribution in [-0.2, 0) is 22.6 Å². The Balaban J connectivity index is 0.00000312. The maximum absolute atomic E-state index is 5.43. The molecule has 25 heavy (non-hydrogen) atoms. The fourth-order valence-corrected chi connectivity index (χ4v) is 3.08. The fraction of sp³-hybridized carbons (Fsp3) is 0.632. The van der Waals surface area contributed by atoms with Crippen molar-refractivity contribution in [3.05, 3.63) is 35.4 Å². The topological polar surface area (TPSA) is 46.1 Å². The lowest BCUT2D eigenvalue weighted by atomic mass is 9.96. The van der Waals surface area contributed by atoms with Crippen LogP contribution in [-0.4, -0.2) is 51.8 Å². The minimum absolute atomic E-state index is 0. The van der Waals surface area contributed by atoms with Gasteiger partial charge in [-0.2, -0.15) is 0 Å². The maximum Gasteiger partial charge on any atom is 0.193 e. The minimum Gasteiger partial charge on any atom is -0.381 e. The number of nitrogens with zero attached hydrogens (tertiary/aromatic N) is 2. The summed E-state index contributed by atoms with van der Waals surface area (Å²) in [6.07, 6.45) is 3.57. The van der Waals surface area contributed by atoms with E-state index in [4.69, 9.17) is 9.47 Å². The predicted molar refractivity (Wildman–Crippen MR) is 114 cm³/mol. The molecule has 0 aliphatic carbocycles. The van der Waals surface area contributed by atoms with Crippen molar-refractivity contribution in [2.75, 3.05) is 41.0 Å². The number of guanidine groups is 1. The van der Waals surface area contributed by atoms with Gasteiger partial charge in [0.25, 0.3) is 0 Å². The number of rotatable bonds is 7. The van der Waals surface area contributed by atoms with Gasteiger partial charge in [-0.05, 0) is 36.3 Å². The Hall–Kier alpha value is -0.860. The highest BCUT2D eigenvalue weighted by atomic mass is 127. The lowest BCUT2D eigenvalue weighted by Crippen LogP contribution is -2.39. The molecule has 0 spiro atoms. The van der Waals surface area contributed by atoms with Gasteiger partial charge in [0.2, 0.25) is 0 Å². The van der Waals surface area contributed by atoms with Gasteiger partial charge in [0, 0.05) is 47.5 Å². The van der Waals surface area contributed by atoms with Crippen LogP contribution >= 0.6 is 24.0 Å². The molecule has 0 amide bonds. The number of ether oxygens (including phenoxy) is 2. The van der Waals surface area contributed by atoms with Gasteiger partial charge in [0.1, 0.15) is 0 Å². The van der Waals surface area contributed by atoms with Gasteiger partial charge in [0.05, 0.1) is 6.61 Å². The zero-order valence-electron chi connectivity index (χ0n) is 15.7. The molecule has 1 aliphatic rings. The highest BCUT2D eigenvalue weighted by Gasteiger charge is 2.15. The van der Waals surface area contributed by atoms with E-state index in [1.54, 1.807) is 7.11 Å². The van der Waals surface area contributed by atoms with Crippen LogP contribution in [0, 0.1) is 5.92 Å². The summed E-state index contributed by atoms with van der Waals surface area (Å²) >= 11 is 0. The van der Waals surface area contributed by atoms with E-state index in [2.05, 4.69) is 46.5 Å². The van der Waals surface area contributed by atoms with Crippen LogP contribution in [0.15, 0.2) is 29.3 Å². The van der Waals surface area contributed by atoms with Crippen molar-refractivity contribution in [2.24, 2.45) is 10.9 Å². The SMILES string of the molecule is CN=C(NCc1cccc(COC)c1)N(C)CCC1CCOCC1.I. The van der Waals surface area contributed by atoms with E-state index in [0.29, 0.717) is 6.61 Å². The summed E-state index contributed by atoms with van der Waals surface area (Å²) in [7, 11) is 5.67. The van der Waals surface area contributed by atoms with Crippen molar-refractivity contribution in [1.82, 2.24) is 10.2 Å². The van der Waals surface area contributed by atoms with E-state index < -0.39 is 0 Å². The summed E-state index contributed by atoms with van der Waals surface area (Å²) < 4.78 is 10.6. The van der Waals surface area contributed by atoms with Gasteiger partial charge in [-0.1, -0.05) is 24.3 Å². The second kappa shape index (κ2) is 12.5. The zero-order chi connectivity index (χ0) is 17.2. The molecule has 1 heterocycles. The molecule has 142 valence electrons. The largest absolute Gasteiger partial charge is 0.381 e. The molecule has 1 N–H and O–H groups in total. The number of hydrogen-bond acceptors (Lipinski definition) is 3. The Bertz CT molecular complexity index is 519. The van der Waals surface area contributed by atoms with Crippen LogP contribution in [0.3, 0.4) is 0 Å². The predicted octanol–water partition coefficient (Wildman–Crippen LogP) is 3.27. The van der Waals surface area contributed by atoms with Crippen molar-refractivity contribution >= 4 is 29.9 Å². The Morgan fingerprint density at radius 1 is 1.32 bits per heavy atom. The molecule has 0 unspecified atom stereocenters. The van der Waals surface area contributed by atoms with E-state index >= 15 is 0 Å². The van der Waals surface area contributed by atoms with Crippen molar-refractivity contribution in [2.45, 2.75) is 32.4 Å². The Kier molecular flexibility index (Phi) is 11.1. The molecule has 1 aliphatic heterocycles. The molecular formula is C19H32IN3O2. The Labute approximate surface area is 169 Å². The third-order valence-corrected chi connectivity index (χ3v) is 4.54. The first-order valence-electron chi connectivity index (χ1n) is 8.79. The molecule has 0 radical (unpaired) electrons. The molecule has 1 aromatic rings. The lowest BCUT2D eigenvalue weighted by molar-refractivity contribution is 0.0625. The van der Waals surface area contributed by atoms with Crippen LogP contribution in [0.2, 0.25) is 0 Å². The number of methoxy groups -OCH3 is 1. The second-order valence-corrected chi connectivity index (χ2v) is 6.42. The number of aliphatic imine (C=N–C) groups is 1. The zero-order valence-corrected chi connectivity index (χ0v) is 18.0. The van der Waals surface area contributed by atoms with E-state index in [1.165, 1.54) is 30.4 Å². The first kappa shape index (κ1) is 22.2. The van der Waals surface area contributed by atoms with Crippen LogP contribution < -0.4 is 5.32 Å². The van der Waals surface area contributed by atoms with Crippen molar-refractivity contribution in [3.63, 3.8) is 0 Å².